The molecule has 1 aliphatic rings. The first kappa shape index (κ1) is 55.0. The summed E-state index contributed by atoms with van der Waals surface area (Å²) in [6, 6.07) is 6.60. The van der Waals surface area contributed by atoms with Gasteiger partial charge in [-0.15, -0.1) is 0 Å². The zero-order valence-corrected chi connectivity index (χ0v) is 40.2. The predicted octanol–water partition coefficient (Wildman–Crippen LogP) is -2.66. The van der Waals surface area contributed by atoms with Crippen LogP contribution in [-0.4, -0.2) is 136 Å². The molecule has 0 aliphatic carbocycles. The Morgan fingerprint density at radius 2 is 1.32 bits per heavy atom. The van der Waals surface area contributed by atoms with E-state index >= 15 is 0 Å². The van der Waals surface area contributed by atoms with Crippen molar-refractivity contribution in [2.75, 3.05) is 25.4 Å². The van der Waals surface area contributed by atoms with Crippen molar-refractivity contribution >= 4 is 85.8 Å². The number of primary amides is 1. The summed E-state index contributed by atoms with van der Waals surface area (Å²) in [5.74, 6) is -5.92. The number of hydrogen-bond donors (Lipinski definition) is 14. The van der Waals surface area contributed by atoms with Gasteiger partial charge in [0, 0.05) is 53.5 Å². The monoisotopic (exact) mass is 995 g/mol. The molecular weight excluding hydrogens is 931 g/mol. The first-order chi connectivity index (χ1) is 32.8. The largest absolute Gasteiger partial charge is 0.394 e. The molecule has 4 rings (SSSR count). The Kier molecular flexibility index (Phi) is 21.4. The molecule has 20 N–H and O–H groups in total. The fraction of sp³-hybridized carbons (Fsp3) is 0.477. The van der Waals surface area contributed by atoms with E-state index in [2.05, 4.69) is 46.9 Å². The van der Waals surface area contributed by atoms with Crippen molar-refractivity contribution in [3.8, 4) is 0 Å². The second-order valence-electron chi connectivity index (χ2n) is 16.9. The number of para-hydroxylation sites is 1. The van der Waals surface area contributed by atoms with Crippen molar-refractivity contribution in [2.24, 2.45) is 44.4 Å². The van der Waals surface area contributed by atoms with Gasteiger partial charge in [-0.2, -0.15) is 0 Å². The lowest BCUT2D eigenvalue weighted by molar-refractivity contribution is -0.136. The first-order valence-electron chi connectivity index (χ1n) is 22.3. The summed E-state index contributed by atoms with van der Waals surface area (Å²) in [6.07, 6.45) is 2.14. The lowest BCUT2D eigenvalue weighted by Gasteiger charge is -2.33. The van der Waals surface area contributed by atoms with Crippen molar-refractivity contribution in [3.63, 3.8) is 0 Å². The number of guanidine groups is 2. The van der Waals surface area contributed by atoms with Gasteiger partial charge >= 0.3 is 0 Å². The minimum Gasteiger partial charge on any atom is -0.394 e. The highest BCUT2D eigenvalue weighted by Crippen LogP contribution is 2.39. The molecule has 2 heterocycles. The molecule has 2 aromatic carbocycles. The predicted molar refractivity (Wildman–Crippen MR) is 267 cm³/mol. The minimum absolute atomic E-state index is 0.0399. The van der Waals surface area contributed by atoms with Gasteiger partial charge in [0.25, 0.3) is 0 Å². The molecule has 0 saturated carbocycles. The number of benzene rings is 2. The fourth-order valence-corrected chi connectivity index (χ4v) is 10.0. The summed E-state index contributed by atoms with van der Waals surface area (Å²) in [5, 5.41) is 27.2. The van der Waals surface area contributed by atoms with Gasteiger partial charge in [-0.25, -0.2) is 0 Å². The number of aromatic nitrogens is 1. The molecule has 3 aromatic rings. The zero-order chi connectivity index (χ0) is 50.7. The van der Waals surface area contributed by atoms with Crippen molar-refractivity contribution in [2.45, 2.75) is 106 Å². The molecule has 7 amide bonds. The van der Waals surface area contributed by atoms with Gasteiger partial charge in [0.15, 0.2) is 11.9 Å². The quantitative estimate of drug-likeness (QED) is 0.0301. The normalized spacial score (nSPS) is 22.5. The van der Waals surface area contributed by atoms with Gasteiger partial charge in [-0.1, -0.05) is 70.1 Å². The topological polar surface area (TPSA) is 409 Å². The van der Waals surface area contributed by atoms with Crippen molar-refractivity contribution in [3.05, 3.63) is 71.9 Å². The molecule has 25 heteroatoms. The molecule has 376 valence electrons. The third kappa shape index (κ3) is 17.5. The van der Waals surface area contributed by atoms with Crippen LogP contribution in [0.15, 0.2) is 70.8 Å². The van der Waals surface area contributed by atoms with Crippen LogP contribution in [0.3, 0.4) is 0 Å². The number of carbonyl (C=O) groups excluding carboxylic acids is 7. The maximum Gasteiger partial charge on any atom is 0.245 e. The van der Waals surface area contributed by atoms with Gasteiger partial charge in [0.05, 0.1) is 12.6 Å². The van der Waals surface area contributed by atoms with E-state index < -0.39 is 95.0 Å². The number of H-pyrrole nitrogens is 1. The SMILES string of the molecule is CC1(C)SSCC[C@H](NC(=O)[C@@H](N)CCCN=C(N)N)C(=O)N[C@@H](CO)C(=O)N[C@H](Cc2ccccc2)C(=O)N[C@@H](CCCN=C(N)N)C(=O)N[C@@H](Cc2c[nH]c3ccccc23)C(=O)N[C@@H]1C(N)=O. The van der Waals surface area contributed by atoms with Gasteiger partial charge in [-0.05, 0) is 63.1 Å². The Morgan fingerprint density at radius 3 is 1.97 bits per heavy atom. The highest BCUT2D eigenvalue weighted by molar-refractivity contribution is 8.77. The van der Waals surface area contributed by atoms with E-state index in [1.54, 1.807) is 50.4 Å². The number of aromatic amines is 1. The highest BCUT2D eigenvalue weighted by Gasteiger charge is 2.39. The van der Waals surface area contributed by atoms with E-state index in [9.17, 15) is 38.7 Å². The van der Waals surface area contributed by atoms with Gasteiger partial charge in [0.2, 0.25) is 41.4 Å². The number of amides is 7. The maximum atomic E-state index is 14.5. The van der Waals surface area contributed by atoms with Crippen LogP contribution in [0.5, 0.6) is 0 Å². The Labute approximate surface area is 407 Å². The number of aliphatic hydroxyl groups is 1. The van der Waals surface area contributed by atoms with Gasteiger partial charge in [0.1, 0.15) is 36.3 Å². The summed E-state index contributed by atoms with van der Waals surface area (Å²) in [5.41, 5.74) is 36.0. The Hall–Kier alpha value is -6.57. The van der Waals surface area contributed by atoms with Gasteiger partial charge in [-0.3, -0.25) is 43.5 Å². The van der Waals surface area contributed by atoms with Crippen LogP contribution in [0.25, 0.3) is 10.9 Å². The average Bonchev–Trinajstić information content (AvgIpc) is 3.71. The van der Waals surface area contributed by atoms with Crippen LogP contribution in [0.4, 0.5) is 0 Å². The Balaban J connectivity index is 1.76. The third-order valence-corrected chi connectivity index (χ3v) is 14.3. The lowest BCUT2D eigenvalue weighted by Crippen LogP contribution is -2.62. The van der Waals surface area contributed by atoms with E-state index in [1.807, 2.05) is 24.3 Å². The summed E-state index contributed by atoms with van der Waals surface area (Å²) in [7, 11) is 2.37. The second-order valence-corrected chi connectivity index (χ2v) is 20.0. The van der Waals surface area contributed by atoms with Gasteiger partial charge < -0.3 is 76.4 Å². The Morgan fingerprint density at radius 1 is 0.754 bits per heavy atom. The third-order valence-electron chi connectivity index (χ3n) is 11.0. The number of fused-ring (bicyclic) bond motifs is 1. The minimum atomic E-state index is -1.62. The summed E-state index contributed by atoms with van der Waals surface area (Å²) >= 11 is 0. The molecule has 0 radical (unpaired) electrons. The number of hydrogen-bond acceptors (Lipinski definition) is 13. The molecule has 0 unspecified atom stereocenters. The second kappa shape index (κ2) is 26.8. The summed E-state index contributed by atoms with van der Waals surface area (Å²) < 4.78 is -1.12. The van der Waals surface area contributed by atoms with E-state index in [1.165, 1.54) is 21.6 Å². The van der Waals surface area contributed by atoms with Crippen LogP contribution in [0, 0.1) is 0 Å². The van der Waals surface area contributed by atoms with Crippen molar-refractivity contribution in [1.82, 2.24) is 36.9 Å². The van der Waals surface area contributed by atoms with Crippen molar-refractivity contribution < 1.29 is 38.7 Å². The molecule has 0 spiro atoms. The highest BCUT2D eigenvalue weighted by atomic mass is 33.1. The summed E-state index contributed by atoms with van der Waals surface area (Å²) in [6.45, 7) is 2.72. The van der Waals surface area contributed by atoms with Crippen LogP contribution in [0.2, 0.25) is 0 Å². The molecule has 23 nitrogen and oxygen atoms in total. The van der Waals surface area contributed by atoms with Crippen LogP contribution < -0.4 is 66.3 Å². The molecule has 7 atom stereocenters. The van der Waals surface area contributed by atoms with E-state index in [4.69, 9.17) is 34.4 Å². The number of nitrogens with one attached hydrogen (secondary N) is 7. The smallest absolute Gasteiger partial charge is 0.245 e. The number of nitrogens with zero attached hydrogens (tertiary/aromatic N) is 2. The fourth-order valence-electron chi connectivity index (χ4n) is 7.28. The lowest BCUT2D eigenvalue weighted by atomic mass is 9.99. The molecule has 1 aliphatic heterocycles. The van der Waals surface area contributed by atoms with Crippen molar-refractivity contribution in [1.29, 1.82) is 0 Å². The molecule has 0 bridgehead atoms. The molecule has 1 saturated heterocycles. The van der Waals surface area contributed by atoms with E-state index in [0.717, 1.165) is 10.9 Å². The van der Waals surface area contributed by atoms with Crippen LogP contribution in [0.1, 0.15) is 57.1 Å². The Bertz CT molecular complexity index is 2310. The van der Waals surface area contributed by atoms with Crippen LogP contribution >= 0.6 is 21.6 Å². The van der Waals surface area contributed by atoms with Crippen LogP contribution in [-0.2, 0) is 46.4 Å². The molecule has 1 fully saturated rings. The molecular formula is C44H65N15O8S2. The number of rotatable bonds is 16. The molecule has 1 aromatic heterocycles. The maximum absolute atomic E-state index is 14.5. The number of aliphatic hydroxyl groups excluding tert-OH is 1. The number of aliphatic imine (C=N–C) groups is 2. The standard InChI is InChI=1S/C44H65N15O8S2/c1-44(2)34(35(46)61)59-40(66)32(21-25-22-53-28-14-7-6-12-26(25)28)57-37(63)29(15-9-18-52-43(49)50)55-39(65)31(20-24-10-4-3-5-11-24)56-41(67)33(23-60)58-38(64)30(16-19-68-69-44)54-36(62)27(45)13-8-17-51-42(47)48/h3-7,10-12,14,22,27,29-34,53,60H,8-9,13,15-21,23,45H2,1-2H3,(H2,46,61)(H,54,62)(H,55,65)(H,56,67)(H,57,63)(H,58,64)(H,59,66)(H4,47,48,51)(H4,49,50,52)/t27-,29-,30-,31+,32-,33-,34+/m0/s1. The average molecular weight is 996 g/mol. The zero-order valence-electron chi connectivity index (χ0n) is 38.6. The number of carbonyl (C=O) groups is 7. The van der Waals surface area contributed by atoms with E-state index in [-0.39, 0.29) is 69.3 Å². The number of nitrogens with two attached hydrogens (primary N) is 6. The summed E-state index contributed by atoms with van der Waals surface area (Å²) in [4.78, 5) is 109. The van der Waals surface area contributed by atoms with E-state index in [0.29, 0.717) is 17.5 Å². The first-order valence-corrected chi connectivity index (χ1v) is 24.6. The molecule has 69 heavy (non-hydrogen) atoms.